The molecule has 0 saturated heterocycles. The van der Waals surface area contributed by atoms with Crippen molar-refractivity contribution in [1.29, 1.82) is 0 Å². The van der Waals surface area contributed by atoms with Gasteiger partial charge in [0.15, 0.2) is 2.14 Å². The third-order valence-electron chi connectivity index (χ3n) is 0.625. The predicted octanol–water partition coefficient (Wildman–Crippen LogP) is -5.52. The molecular weight excluding hydrogens is 787 g/mol. The molecule has 18 heteroatoms. The summed E-state index contributed by atoms with van der Waals surface area (Å²) in [6.07, 6.45) is 0. The standard InChI is InChI=1S/C3H3Br6N.2ClHO4.Co/c4-1(2(5,6)7)3(8,9)10;2*2-1(3,4)5;/h1H,10H2;2*(H,2,3,4,5);/q;;;+2/p-2. The van der Waals surface area contributed by atoms with Crippen LogP contribution >= 0.6 is 95.6 Å². The Morgan fingerprint density at radius 2 is 0.857 bits per heavy atom. The van der Waals surface area contributed by atoms with Crippen molar-refractivity contribution in [2.75, 3.05) is 0 Å². The maximum absolute atomic E-state index is 8.49. The number of halogens is 8. The molecule has 1 unspecified atom stereocenters. The molecule has 0 aliphatic heterocycles. The van der Waals surface area contributed by atoms with E-state index in [2.05, 4.69) is 95.6 Å². The summed E-state index contributed by atoms with van der Waals surface area (Å²) in [5.74, 6) is 0. The molecule has 0 fully saturated rings. The van der Waals surface area contributed by atoms with E-state index in [-0.39, 0.29) is 21.6 Å². The number of hydrogen-bond donors (Lipinski definition) is 1. The minimum atomic E-state index is -4.94. The zero-order chi connectivity index (χ0) is 17.6. The fourth-order valence-electron chi connectivity index (χ4n) is 0.218. The Labute approximate surface area is 184 Å². The predicted molar refractivity (Wildman–Crippen MR) is 67.0 cm³/mol. The number of rotatable bonds is 1. The fraction of sp³-hybridized carbons (Fsp3) is 1.00. The van der Waals surface area contributed by atoms with Crippen molar-refractivity contribution < 1.29 is 74.5 Å². The maximum atomic E-state index is 8.49. The Kier molecular flexibility index (Phi) is 19.8. The van der Waals surface area contributed by atoms with Gasteiger partial charge in [0, 0.05) is 0 Å². The third-order valence-corrected chi connectivity index (χ3v) is 7.40. The van der Waals surface area contributed by atoms with E-state index in [0.29, 0.717) is 0 Å². The molecule has 0 aromatic carbocycles. The van der Waals surface area contributed by atoms with E-state index in [1.807, 2.05) is 0 Å². The van der Waals surface area contributed by atoms with Gasteiger partial charge in [-0.05, 0) is 0 Å². The first-order chi connectivity index (χ1) is 8.15. The molecule has 0 bridgehead atoms. The van der Waals surface area contributed by atoms with Crippen LogP contribution in [-0.4, -0.2) is 10.3 Å². The molecule has 0 rings (SSSR count). The number of nitrogens with two attached hydrogens (primary N) is 1. The summed E-state index contributed by atoms with van der Waals surface area (Å²) in [5.41, 5.74) is 5.66. The van der Waals surface area contributed by atoms with E-state index >= 15 is 0 Å². The molecule has 0 amide bonds. The summed E-state index contributed by atoms with van der Waals surface area (Å²) >= 11 is 19.8. The molecule has 21 heavy (non-hydrogen) atoms. The van der Waals surface area contributed by atoms with E-state index < -0.39 is 26.0 Å². The Bertz CT molecular complexity index is 227. The van der Waals surface area contributed by atoms with Crippen molar-refractivity contribution >= 4 is 95.6 Å². The molecule has 0 saturated carbocycles. The summed E-state index contributed by atoms with van der Waals surface area (Å²) in [6.45, 7) is 0. The van der Waals surface area contributed by atoms with Crippen molar-refractivity contribution in [3.63, 3.8) is 0 Å². The van der Waals surface area contributed by atoms with Gasteiger partial charge in [-0.1, -0.05) is 95.6 Å². The van der Waals surface area contributed by atoms with Gasteiger partial charge in [0.25, 0.3) is 0 Å². The largest absolute Gasteiger partial charge is 2.00 e. The first-order valence-electron chi connectivity index (χ1n) is 3.26. The molecule has 0 aromatic heterocycles. The quantitative estimate of drug-likeness (QED) is 0.198. The van der Waals surface area contributed by atoms with E-state index in [1.165, 1.54) is 0 Å². The summed E-state index contributed by atoms with van der Waals surface area (Å²) in [4.78, 5) is -0.0625. The minimum absolute atomic E-state index is 0. The molecule has 2 N–H and O–H groups in total. The van der Waals surface area contributed by atoms with Crippen LogP contribution in [0, 0.1) is 20.5 Å². The van der Waals surface area contributed by atoms with E-state index in [1.54, 1.807) is 0 Å². The normalized spacial score (nSPS) is 13.9. The summed E-state index contributed by atoms with van der Waals surface area (Å²) in [5, 5.41) is 0. The second-order valence-corrected chi connectivity index (χ2v) is 15.4. The van der Waals surface area contributed by atoms with Crippen molar-refractivity contribution in [2.45, 2.75) is 10.3 Å². The van der Waals surface area contributed by atoms with Gasteiger partial charge >= 0.3 is 16.8 Å². The van der Waals surface area contributed by atoms with Gasteiger partial charge in [-0.15, -0.1) is 20.5 Å². The van der Waals surface area contributed by atoms with Gasteiger partial charge in [0.1, 0.15) is 3.36 Å². The maximum Gasteiger partial charge on any atom is 2.00 e. The third kappa shape index (κ3) is 45.2. The smallest absolute Gasteiger partial charge is 0.306 e. The van der Waals surface area contributed by atoms with Crippen LogP contribution in [0.25, 0.3) is 0 Å². The molecule has 0 heterocycles. The average molecular weight is 790 g/mol. The van der Waals surface area contributed by atoms with Crippen molar-refractivity contribution in [2.24, 2.45) is 5.73 Å². The van der Waals surface area contributed by atoms with Gasteiger partial charge in [0.05, 0.1) is 4.83 Å². The fourth-order valence-corrected chi connectivity index (χ4v) is 3.83. The van der Waals surface area contributed by atoms with Crippen LogP contribution in [-0.2, 0) is 16.8 Å². The van der Waals surface area contributed by atoms with Crippen LogP contribution in [0.5, 0.6) is 0 Å². The molecule has 1 atom stereocenters. The second kappa shape index (κ2) is 12.9. The van der Waals surface area contributed by atoms with Crippen LogP contribution in [0.3, 0.4) is 0 Å². The molecule has 0 aliphatic rings. The molecule has 9 nitrogen and oxygen atoms in total. The van der Waals surface area contributed by atoms with E-state index in [0.717, 1.165) is 0 Å². The zero-order valence-electron chi connectivity index (χ0n) is 8.78. The average Bonchev–Trinajstić information content (AvgIpc) is 1.91. The van der Waals surface area contributed by atoms with Gasteiger partial charge in [-0.3, -0.25) is 0 Å². The van der Waals surface area contributed by atoms with Crippen LogP contribution < -0.4 is 43.0 Å². The van der Waals surface area contributed by atoms with Crippen molar-refractivity contribution in [1.82, 2.24) is 0 Å². The first kappa shape index (κ1) is 32.3. The van der Waals surface area contributed by atoms with Gasteiger partial charge < -0.3 is 5.73 Å². The van der Waals surface area contributed by atoms with Crippen molar-refractivity contribution in [3.05, 3.63) is 0 Å². The molecule has 0 aliphatic carbocycles. The van der Waals surface area contributed by atoms with Gasteiger partial charge in [-0.25, -0.2) is 37.3 Å². The zero-order valence-corrected chi connectivity index (χ0v) is 20.8. The Balaban J connectivity index is -0.000000112. The van der Waals surface area contributed by atoms with Gasteiger partial charge in [-0.2, -0.15) is 0 Å². The topological polar surface area (TPSA) is 210 Å². The first-order valence-corrected chi connectivity index (χ1v) is 10.6. The molecule has 133 valence electrons. The Morgan fingerprint density at radius 3 is 0.857 bits per heavy atom. The summed E-state index contributed by atoms with van der Waals surface area (Å²) < 4.78 is 66.9. The van der Waals surface area contributed by atoms with Crippen LogP contribution in [0.4, 0.5) is 0 Å². The van der Waals surface area contributed by atoms with Crippen LogP contribution in [0.1, 0.15) is 0 Å². The van der Waals surface area contributed by atoms with Gasteiger partial charge in [0.2, 0.25) is 0 Å². The van der Waals surface area contributed by atoms with E-state index in [4.69, 9.17) is 43.0 Å². The van der Waals surface area contributed by atoms with Crippen LogP contribution in [0.15, 0.2) is 0 Å². The second-order valence-electron chi connectivity index (χ2n) is 2.33. The molecular formula is C3H3Br6Cl2CoNO8. The van der Waals surface area contributed by atoms with Crippen LogP contribution in [0.2, 0.25) is 0 Å². The monoisotopic (exact) mass is 783 g/mol. The Hall–Kier alpha value is 3.61. The Morgan fingerprint density at radius 1 is 0.714 bits per heavy atom. The minimum Gasteiger partial charge on any atom is -0.306 e. The molecule has 0 spiro atoms. The number of alkyl halides is 6. The molecule has 0 aromatic rings. The van der Waals surface area contributed by atoms with E-state index in [9.17, 15) is 0 Å². The SMILES string of the molecule is NC(Br)(Br)C(Br)C(Br)(Br)Br.[Co+2].[O-][Cl+3]([O-])([O-])[O-].[O-][Cl+3]([O-])([O-])[O-]. The summed E-state index contributed by atoms with van der Waals surface area (Å²) in [7, 11) is -9.89. The molecule has 1 radical (unpaired) electrons. The summed E-state index contributed by atoms with van der Waals surface area (Å²) in [6, 6.07) is 0. The van der Waals surface area contributed by atoms with Crippen molar-refractivity contribution in [3.8, 4) is 0 Å². The number of hydrogen-bond acceptors (Lipinski definition) is 9.